The van der Waals surface area contributed by atoms with E-state index in [0.29, 0.717) is 0 Å². The first kappa shape index (κ1) is 12.9. The molecule has 1 heterocycles. The Morgan fingerprint density at radius 3 is 3.00 bits per heavy atom. The van der Waals surface area contributed by atoms with Crippen molar-refractivity contribution in [2.24, 2.45) is 0 Å². The van der Waals surface area contributed by atoms with Gasteiger partial charge in [-0.25, -0.2) is 0 Å². The van der Waals surface area contributed by atoms with Gasteiger partial charge in [-0.15, -0.1) is 0 Å². The van der Waals surface area contributed by atoms with Crippen molar-refractivity contribution in [2.45, 2.75) is 31.8 Å². The number of carboxylic acids is 1. The quantitative estimate of drug-likeness (QED) is 0.889. The zero-order valence-corrected chi connectivity index (χ0v) is 10.8. The summed E-state index contributed by atoms with van der Waals surface area (Å²) in [6.45, 7) is 2.89. The number of nitrogens with zero attached hydrogens (tertiary/aromatic N) is 1. The third-order valence-corrected chi connectivity index (χ3v) is 3.65. The van der Waals surface area contributed by atoms with E-state index in [1.54, 1.807) is 7.11 Å². The van der Waals surface area contributed by atoms with Gasteiger partial charge in [-0.1, -0.05) is 12.1 Å². The Hall–Kier alpha value is -1.55. The third kappa shape index (κ3) is 2.48. The highest BCUT2D eigenvalue weighted by Gasteiger charge is 2.34. The van der Waals surface area contributed by atoms with E-state index in [4.69, 9.17) is 4.74 Å². The van der Waals surface area contributed by atoms with Gasteiger partial charge in [0, 0.05) is 6.04 Å². The molecule has 0 bridgehead atoms. The van der Waals surface area contributed by atoms with Gasteiger partial charge in [0.2, 0.25) is 0 Å². The van der Waals surface area contributed by atoms with Crippen LogP contribution in [0.3, 0.4) is 0 Å². The molecule has 1 aliphatic rings. The lowest BCUT2D eigenvalue weighted by atomic mass is 10.1. The summed E-state index contributed by atoms with van der Waals surface area (Å²) in [6.07, 6.45) is 1.69. The minimum Gasteiger partial charge on any atom is -0.497 e. The Morgan fingerprint density at radius 1 is 1.56 bits per heavy atom. The zero-order valence-electron chi connectivity index (χ0n) is 10.8. The molecule has 0 aromatic heterocycles. The van der Waals surface area contributed by atoms with E-state index in [1.165, 1.54) is 0 Å². The smallest absolute Gasteiger partial charge is 0.320 e. The molecule has 2 unspecified atom stereocenters. The van der Waals surface area contributed by atoms with Gasteiger partial charge >= 0.3 is 5.97 Å². The van der Waals surface area contributed by atoms with E-state index in [2.05, 4.69) is 11.8 Å². The Balaban J connectivity index is 2.19. The Bertz CT molecular complexity index is 433. The topological polar surface area (TPSA) is 49.8 Å². The molecule has 1 aliphatic heterocycles. The summed E-state index contributed by atoms with van der Waals surface area (Å²) in [5.41, 5.74) is 1.10. The zero-order chi connectivity index (χ0) is 13.1. The highest BCUT2D eigenvalue weighted by molar-refractivity contribution is 5.73. The number of methoxy groups -OCH3 is 1. The van der Waals surface area contributed by atoms with Gasteiger partial charge in [0.1, 0.15) is 11.8 Å². The van der Waals surface area contributed by atoms with Gasteiger partial charge in [-0.3, -0.25) is 9.69 Å². The third-order valence-electron chi connectivity index (χ3n) is 3.65. The highest BCUT2D eigenvalue weighted by Crippen LogP contribution is 2.30. The lowest BCUT2D eigenvalue weighted by molar-refractivity contribution is -0.142. The van der Waals surface area contributed by atoms with E-state index < -0.39 is 5.97 Å². The van der Waals surface area contributed by atoms with Gasteiger partial charge in [0.05, 0.1) is 7.11 Å². The van der Waals surface area contributed by atoms with Crippen molar-refractivity contribution in [1.29, 1.82) is 0 Å². The van der Waals surface area contributed by atoms with Crippen molar-refractivity contribution in [3.05, 3.63) is 29.8 Å². The number of hydrogen-bond donors (Lipinski definition) is 1. The number of hydrogen-bond acceptors (Lipinski definition) is 3. The summed E-state index contributed by atoms with van der Waals surface area (Å²) < 4.78 is 5.21. The van der Waals surface area contributed by atoms with Crippen LogP contribution in [0, 0.1) is 0 Å². The number of carbonyl (C=O) groups is 1. The summed E-state index contributed by atoms with van der Waals surface area (Å²) in [5.74, 6) is 0.0904. The van der Waals surface area contributed by atoms with Gasteiger partial charge in [0.25, 0.3) is 0 Å². The Kier molecular flexibility index (Phi) is 3.87. The predicted molar refractivity (Wildman–Crippen MR) is 68.8 cm³/mol. The minimum atomic E-state index is -0.720. The number of rotatable bonds is 4. The molecule has 0 radical (unpaired) electrons. The summed E-state index contributed by atoms with van der Waals surface area (Å²) in [5, 5.41) is 9.21. The summed E-state index contributed by atoms with van der Waals surface area (Å²) in [4.78, 5) is 13.3. The maximum atomic E-state index is 11.2. The summed E-state index contributed by atoms with van der Waals surface area (Å²) >= 11 is 0. The normalized spacial score (nSPS) is 21.8. The van der Waals surface area contributed by atoms with Crippen LogP contribution in [0.4, 0.5) is 0 Å². The van der Waals surface area contributed by atoms with Crippen LogP contribution in [0.15, 0.2) is 24.3 Å². The summed E-state index contributed by atoms with van der Waals surface area (Å²) in [7, 11) is 1.64. The first-order valence-corrected chi connectivity index (χ1v) is 6.26. The molecule has 1 saturated heterocycles. The number of aliphatic carboxylic acids is 1. The van der Waals surface area contributed by atoms with Crippen LogP contribution in [0.5, 0.6) is 5.75 Å². The first-order chi connectivity index (χ1) is 8.63. The van der Waals surface area contributed by atoms with Crippen LogP contribution < -0.4 is 4.74 Å². The van der Waals surface area contributed by atoms with Crippen molar-refractivity contribution < 1.29 is 14.6 Å². The molecule has 1 fully saturated rings. The lowest BCUT2D eigenvalue weighted by Gasteiger charge is -2.28. The molecule has 1 aromatic carbocycles. The monoisotopic (exact) mass is 249 g/mol. The molecule has 18 heavy (non-hydrogen) atoms. The van der Waals surface area contributed by atoms with Crippen molar-refractivity contribution in [3.8, 4) is 5.75 Å². The maximum Gasteiger partial charge on any atom is 0.320 e. The largest absolute Gasteiger partial charge is 0.497 e. The number of carboxylic acid groups (broad SMARTS) is 1. The highest BCUT2D eigenvalue weighted by atomic mass is 16.5. The summed E-state index contributed by atoms with van der Waals surface area (Å²) in [6, 6.07) is 7.58. The van der Waals surface area contributed by atoms with Crippen LogP contribution in [0.1, 0.15) is 31.4 Å². The Morgan fingerprint density at radius 2 is 2.33 bits per heavy atom. The van der Waals surface area contributed by atoms with Crippen molar-refractivity contribution in [3.63, 3.8) is 0 Å². The minimum absolute atomic E-state index is 0.101. The van der Waals surface area contributed by atoms with E-state index >= 15 is 0 Å². The molecule has 0 amide bonds. The van der Waals surface area contributed by atoms with E-state index in [9.17, 15) is 9.90 Å². The molecule has 4 heteroatoms. The van der Waals surface area contributed by atoms with Gasteiger partial charge in [-0.05, 0) is 44.0 Å². The average molecular weight is 249 g/mol. The van der Waals surface area contributed by atoms with Crippen LogP contribution in [-0.2, 0) is 4.79 Å². The second kappa shape index (κ2) is 5.40. The predicted octanol–water partition coefficient (Wildman–Crippen LogP) is 2.31. The van der Waals surface area contributed by atoms with Gasteiger partial charge < -0.3 is 9.84 Å². The molecule has 2 atom stereocenters. The van der Waals surface area contributed by atoms with E-state index in [0.717, 1.165) is 30.7 Å². The second-order valence-electron chi connectivity index (χ2n) is 4.69. The molecule has 0 spiro atoms. The molecule has 0 aliphatic carbocycles. The van der Waals surface area contributed by atoms with Crippen molar-refractivity contribution >= 4 is 5.97 Å². The molecule has 2 rings (SSSR count). The fraction of sp³-hybridized carbons (Fsp3) is 0.500. The number of ether oxygens (including phenoxy) is 1. The van der Waals surface area contributed by atoms with Crippen LogP contribution in [0.2, 0.25) is 0 Å². The van der Waals surface area contributed by atoms with Crippen LogP contribution >= 0.6 is 0 Å². The molecule has 1 N–H and O–H groups in total. The van der Waals surface area contributed by atoms with Crippen molar-refractivity contribution in [2.75, 3.05) is 13.7 Å². The lowest BCUT2D eigenvalue weighted by Crippen LogP contribution is -2.37. The molecular formula is C14H19NO3. The number of benzene rings is 1. The molecule has 98 valence electrons. The molecule has 0 saturated carbocycles. The fourth-order valence-electron chi connectivity index (χ4n) is 2.61. The molecule has 1 aromatic rings. The molecular weight excluding hydrogens is 230 g/mol. The van der Waals surface area contributed by atoms with Gasteiger partial charge in [0.15, 0.2) is 0 Å². The van der Waals surface area contributed by atoms with E-state index in [1.807, 2.05) is 24.3 Å². The van der Waals surface area contributed by atoms with Crippen LogP contribution in [0.25, 0.3) is 0 Å². The number of likely N-dealkylation sites (tertiary alicyclic amines) is 1. The van der Waals surface area contributed by atoms with Crippen molar-refractivity contribution in [1.82, 2.24) is 4.90 Å². The van der Waals surface area contributed by atoms with Crippen LogP contribution in [-0.4, -0.2) is 35.7 Å². The second-order valence-corrected chi connectivity index (χ2v) is 4.69. The SMILES string of the molecule is COc1cccc(C(C)N2CCCC2C(=O)O)c1. The fourth-order valence-corrected chi connectivity index (χ4v) is 2.61. The first-order valence-electron chi connectivity index (χ1n) is 6.26. The van der Waals surface area contributed by atoms with E-state index in [-0.39, 0.29) is 12.1 Å². The standard InChI is InChI=1S/C14H19NO3/c1-10(11-5-3-6-12(9-11)18-2)15-8-4-7-13(15)14(16)17/h3,5-6,9-10,13H,4,7-8H2,1-2H3,(H,16,17). The average Bonchev–Trinajstić information content (AvgIpc) is 2.87. The molecule has 4 nitrogen and oxygen atoms in total. The maximum absolute atomic E-state index is 11.2. The Labute approximate surface area is 107 Å². The van der Waals surface area contributed by atoms with Gasteiger partial charge in [-0.2, -0.15) is 0 Å².